The predicted molar refractivity (Wildman–Crippen MR) is 120 cm³/mol. The number of hydrogen-bond acceptors (Lipinski definition) is 9. The Morgan fingerprint density at radius 2 is 2.07 bits per heavy atom. The molecule has 0 radical (unpaired) electrons. The van der Waals surface area contributed by atoms with Crippen LogP contribution < -0.4 is 5.32 Å². The number of anilines is 1. The van der Waals surface area contributed by atoms with Gasteiger partial charge in [-0.1, -0.05) is 11.8 Å². The SMILES string of the molecule is CCOC(=O)Cc1csc(NC(=O)CSc2nnc(-c3csc(C)c3)n2C(C)C)n1. The summed E-state index contributed by atoms with van der Waals surface area (Å²) in [6.45, 7) is 8.28. The molecule has 0 bridgehead atoms. The molecule has 0 unspecified atom stereocenters. The zero-order chi connectivity index (χ0) is 21.7. The maximum absolute atomic E-state index is 12.4. The number of rotatable bonds is 9. The molecule has 0 fully saturated rings. The van der Waals surface area contributed by atoms with Crippen molar-refractivity contribution < 1.29 is 14.3 Å². The quantitative estimate of drug-likeness (QED) is 0.374. The second kappa shape index (κ2) is 10.2. The number of thiazole rings is 1. The number of thioether (sulfide) groups is 1. The summed E-state index contributed by atoms with van der Waals surface area (Å²) in [7, 11) is 0. The third-order valence-electron chi connectivity index (χ3n) is 3.93. The van der Waals surface area contributed by atoms with Crippen LogP contribution in [0.4, 0.5) is 5.13 Å². The van der Waals surface area contributed by atoms with E-state index in [1.165, 1.54) is 28.0 Å². The first-order valence-corrected chi connectivity index (χ1v) is 12.1. The Hall–Kier alpha value is -2.24. The number of aromatic nitrogens is 4. The lowest BCUT2D eigenvalue weighted by Gasteiger charge is -2.12. The average Bonchev–Trinajstić information content (AvgIpc) is 3.40. The highest BCUT2D eigenvalue weighted by Gasteiger charge is 2.19. The minimum Gasteiger partial charge on any atom is -0.466 e. The van der Waals surface area contributed by atoms with E-state index in [1.807, 2.05) is 4.57 Å². The zero-order valence-corrected chi connectivity index (χ0v) is 19.6. The predicted octanol–water partition coefficient (Wildman–Crippen LogP) is 4.19. The van der Waals surface area contributed by atoms with Crippen molar-refractivity contribution in [3.63, 3.8) is 0 Å². The molecule has 3 rings (SSSR count). The fourth-order valence-electron chi connectivity index (χ4n) is 2.69. The molecule has 3 aromatic rings. The van der Waals surface area contributed by atoms with E-state index in [-0.39, 0.29) is 30.1 Å². The fraction of sp³-hybridized carbons (Fsp3) is 0.421. The molecule has 160 valence electrons. The van der Waals surface area contributed by atoms with Crippen LogP contribution in [-0.2, 0) is 20.7 Å². The zero-order valence-electron chi connectivity index (χ0n) is 17.2. The number of carbonyl (C=O) groups is 2. The Kier molecular flexibility index (Phi) is 7.62. The molecule has 0 spiro atoms. The van der Waals surface area contributed by atoms with Gasteiger partial charge in [0.1, 0.15) is 0 Å². The Balaban J connectivity index is 1.60. The highest BCUT2D eigenvalue weighted by atomic mass is 32.2. The number of thiophene rings is 1. The molecular weight excluding hydrogens is 442 g/mol. The number of hydrogen-bond donors (Lipinski definition) is 1. The van der Waals surface area contributed by atoms with Crippen molar-refractivity contribution in [3.05, 3.63) is 27.4 Å². The Labute approximate surface area is 187 Å². The number of esters is 1. The first kappa shape index (κ1) is 22.4. The molecule has 1 N–H and O–H groups in total. The number of aryl methyl sites for hydroxylation is 1. The highest BCUT2D eigenvalue weighted by molar-refractivity contribution is 7.99. The van der Waals surface area contributed by atoms with E-state index in [0.29, 0.717) is 22.6 Å². The molecule has 3 heterocycles. The van der Waals surface area contributed by atoms with Crippen molar-refractivity contribution >= 4 is 51.4 Å². The van der Waals surface area contributed by atoms with Crippen molar-refractivity contribution in [1.82, 2.24) is 19.7 Å². The summed E-state index contributed by atoms with van der Waals surface area (Å²) in [5.41, 5.74) is 1.61. The maximum atomic E-state index is 12.4. The van der Waals surface area contributed by atoms with E-state index in [2.05, 4.69) is 52.7 Å². The van der Waals surface area contributed by atoms with Crippen LogP contribution in [0.3, 0.4) is 0 Å². The van der Waals surface area contributed by atoms with E-state index >= 15 is 0 Å². The maximum Gasteiger partial charge on any atom is 0.311 e. The molecule has 0 aliphatic heterocycles. The van der Waals surface area contributed by atoms with Gasteiger partial charge in [0.05, 0.1) is 24.5 Å². The molecule has 0 saturated carbocycles. The minimum atomic E-state index is -0.333. The normalized spacial score (nSPS) is 11.1. The molecule has 0 saturated heterocycles. The number of nitrogens with one attached hydrogen (secondary N) is 1. The second-order valence-electron chi connectivity index (χ2n) is 6.68. The summed E-state index contributed by atoms with van der Waals surface area (Å²) >= 11 is 4.28. The van der Waals surface area contributed by atoms with Gasteiger partial charge >= 0.3 is 5.97 Å². The number of ether oxygens (including phenoxy) is 1. The summed E-state index contributed by atoms with van der Waals surface area (Å²) in [6.07, 6.45) is 0.0945. The first-order valence-electron chi connectivity index (χ1n) is 9.40. The van der Waals surface area contributed by atoms with Crippen LogP contribution >= 0.6 is 34.4 Å². The molecule has 0 aliphatic carbocycles. The van der Waals surface area contributed by atoms with Gasteiger partial charge in [-0.3, -0.25) is 14.2 Å². The highest BCUT2D eigenvalue weighted by Crippen LogP contribution is 2.30. The lowest BCUT2D eigenvalue weighted by molar-refractivity contribution is -0.142. The fourth-order valence-corrected chi connectivity index (χ4v) is 4.96. The van der Waals surface area contributed by atoms with Gasteiger partial charge in [0, 0.05) is 27.2 Å². The van der Waals surface area contributed by atoms with Crippen LogP contribution in [0.2, 0.25) is 0 Å². The van der Waals surface area contributed by atoms with Gasteiger partial charge in [-0.05, 0) is 33.8 Å². The average molecular weight is 466 g/mol. The van der Waals surface area contributed by atoms with Crippen LogP contribution in [0.25, 0.3) is 11.4 Å². The Morgan fingerprint density at radius 3 is 2.73 bits per heavy atom. The third kappa shape index (κ3) is 5.67. The molecule has 1 amide bonds. The Bertz CT molecular complexity index is 1020. The molecule has 0 aromatic carbocycles. The van der Waals surface area contributed by atoms with Gasteiger partial charge in [-0.25, -0.2) is 4.98 Å². The molecule has 8 nitrogen and oxygen atoms in total. The Morgan fingerprint density at radius 1 is 1.27 bits per heavy atom. The van der Waals surface area contributed by atoms with Crippen LogP contribution in [0.15, 0.2) is 22.0 Å². The molecule has 0 aliphatic rings. The van der Waals surface area contributed by atoms with E-state index in [4.69, 9.17) is 4.74 Å². The molecule has 30 heavy (non-hydrogen) atoms. The van der Waals surface area contributed by atoms with Gasteiger partial charge in [0.2, 0.25) is 5.91 Å². The van der Waals surface area contributed by atoms with Gasteiger partial charge in [-0.15, -0.1) is 32.9 Å². The van der Waals surface area contributed by atoms with Crippen LogP contribution in [0, 0.1) is 6.92 Å². The van der Waals surface area contributed by atoms with E-state index in [0.717, 1.165) is 11.4 Å². The summed E-state index contributed by atoms with van der Waals surface area (Å²) in [5, 5.41) is 16.4. The molecular formula is C19H23N5O3S3. The topological polar surface area (TPSA) is 99.0 Å². The van der Waals surface area contributed by atoms with Crippen LogP contribution in [-0.4, -0.2) is 44.0 Å². The standard InChI is InChI=1S/C19H23N5O3S3/c1-5-27-16(26)7-14-9-29-18(20-14)21-15(25)10-30-19-23-22-17(24(19)11(2)3)13-6-12(4)28-8-13/h6,8-9,11H,5,7,10H2,1-4H3,(H,20,21,25). The smallest absolute Gasteiger partial charge is 0.311 e. The van der Waals surface area contributed by atoms with Crippen molar-refractivity contribution in [2.45, 2.75) is 45.3 Å². The van der Waals surface area contributed by atoms with Crippen molar-refractivity contribution in [1.29, 1.82) is 0 Å². The van der Waals surface area contributed by atoms with Gasteiger partial charge in [0.25, 0.3) is 0 Å². The molecule has 3 aromatic heterocycles. The van der Waals surface area contributed by atoms with E-state index in [1.54, 1.807) is 23.6 Å². The van der Waals surface area contributed by atoms with Crippen LogP contribution in [0.5, 0.6) is 0 Å². The van der Waals surface area contributed by atoms with Gasteiger partial charge in [0.15, 0.2) is 16.1 Å². The van der Waals surface area contributed by atoms with E-state index < -0.39 is 0 Å². The summed E-state index contributed by atoms with van der Waals surface area (Å²) in [5.74, 6) is 0.463. The number of carbonyl (C=O) groups excluding carboxylic acids is 2. The monoisotopic (exact) mass is 465 g/mol. The summed E-state index contributed by atoms with van der Waals surface area (Å²) < 4.78 is 6.95. The summed E-state index contributed by atoms with van der Waals surface area (Å²) in [4.78, 5) is 29.4. The minimum absolute atomic E-state index is 0.0945. The lowest BCUT2D eigenvalue weighted by Crippen LogP contribution is -2.15. The largest absolute Gasteiger partial charge is 0.466 e. The lowest BCUT2D eigenvalue weighted by atomic mass is 10.3. The van der Waals surface area contributed by atoms with E-state index in [9.17, 15) is 9.59 Å². The van der Waals surface area contributed by atoms with Crippen molar-refractivity contribution in [3.8, 4) is 11.4 Å². The molecule has 11 heteroatoms. The molecule has 0 atom stereocenters. The van der Waals surface area contributed by atoms with Gasteiger partial charge < -0.3 is 10.1 Å². The van der Waals surface area contributed by atoms with Gasteiger partial charge in [-0.2, -0.15) is 0 Å². The second-order valence-corrected chi connectivity index (χ2v) is 9.59. The third-order valence-corrected chi connectivity index (χ3v) is 6.54. The summed E-state index contributed by atoms with van der Waals surface area (Å²) in [6, 6.07) is 2.25. The first-order chi connectivity index (χ1) is 14.4. The van der Waals surface area contributed by atoms with Crippen LogP contribution in [0.1, 0.15) is 37.4 Å². The van der Waals surface area contributed by atoms with Crippen molar-refractivity contribution in [2.24, 2.45) is 0 Å². The van der Waals surface area contributed by atoms with Crippen molar-refractivity contribution in [2.75, 3.05) is 17.7 Å². The number of amides is 1. The number of nitrogens with zero attached hydrogens (tertiary/aromatic N) is 4.